The SMILES string of the molecule is CCOc1cc(CN2CCC(N3CCCC3)C2)ccc1O. The van der Waals surface area contributed by atoms with Gasteiger partial charge in [0, 0.05) is 25.7 Å². The van der Waals surface area contributed by atoms with Crippen molar-refractivity contribution >= 4 is 0 Å². The Morgan fingerprint density at radius 1 is 1.24 bits per heavy atom. The van der Waals surface area contributed by atoms with E-state index >= 15 is 0 Å². The van der Waals surface area contributed by atoms with Gasteiger partial charge in [-0.2, -0.15) is 0 Å². The molecule has 0 spiro atoms. The van der Waals surface area contributed by atoms with Crippen LogP contribution in [-0.4, -0.2) is 53.7 Å². The summed E-state index contributed by atoms with van der Waals surface area (Å²) >= 11 is 0. The monoisotopic (exact) mass is 290 g/mol. The van der Waals surface area contributed by atoms with E-state index in [0.717, 1.165) is 12.6 Å². The van der Waals surface area contributed by atoms with Gasteiger partial charge < -0.3 is 9.84 Å². The van der Waals surface area contributed by atoms with E-state index in [1.807, 2.05) is 19.1 Å². The number of phenols is 1. The van der Waals surface area contributed by atoms with Crippen LogP contribution in [0.1, 0.15) is 31.7 Å². The number of aromatic hydroxyl groups is 1. The van der Waals surface area contributed by atoms with E-state index in [2.05, 4.69) is 9.80 Å². The lowest BCUT2D eigenvalue weighted by Crippen LogP contribution is -2.35. The highest BCUT2D eigenvalue weighted by Crippen LogP contribution is 2.28. The molecule has 0 aliphatic carbocycles. The molecule has 2 aliphatic heterocycles. The second kappa shape index (κ2) is 6.67. The number of rotatable bonds is 5. The highest BCUT2D eigenvalue weighted by Gasteiger charge is 2.29. The number of benzene rings is 1. The molecule has 1 N–H and O–H groups in total. The first-order valence-corrected chi connectivity index (χ1v) is 8.17. The number of nitrogens with zero attached hydrogens (tertiary/aromatic N) is 2. The fourth-order valence-corrected chi connectivity index (χ4v) is 3.55. The zero-order valence-electron chi connectivity index (χ0n) is 12.9. The van der Waals surface area contributed by atoms with Gasteiger partial charge in [0.2, 0.25) is 0 Å². The van der Waals surface area contributed by atoms with Crippen LogP contribution in [0, 0.1) is 0 Å². The van der Waals surface area contributed by atoms with Crippen molar-refractivity contribution in [3.63, 3.8) is 0 Å². The minimum absolute atomic E-state index is 0.233. The van der Waals surface area contributed by atoms with E-state index in [0.29, 0.717) is 12.4 Å². The molecule has 0 amide bonds. The molecule has 4 heteroatoms. The average Bonchev–Trinajstić information content (AvgIpc) is 3.13. The van der Waals surface area contributed by atoms with E-state index in [-0.39, 0.29) is 5.75 Å². The molecule has 4 nitrogen and oxygen atoms in total. The Balaban J connectivity index is 1.58. The normalized spacial score (nSPS) is 23.8. The summed E-state index contributed by atoms with van der Waals surface area (Å²) in [4.78, 5) is 5.17. The Bertz CT molecular complexity index is 472. The quantitative estimate of drug-likeness (QED) is 0.903. The first-order valence-electron chi connectivity index (χ1n) is 8.17. The van der Waals surface area contributed by atoms with Gasteiger partial charge in [0.25, 0.3) is 0 Å². The summed E-state index contributed by atoms with van der Waals surface area (Å²) in [5.74, 6) is 0.835. The number of ether oxygens (including phenoxy) is 1. The summed E-state index contributed by atoms with van der Waals surface area (Å²) in [6.45, 7) is 8.38. The first kappa shape index (κ1) is 14.7. The molecule has 0 radical (unpaired) electrons. The predicted octanol–water partition coefficient (Wildman–Crippen LogP) is 2.46. The van der Waals surface area contributed by atoms with Crippen molar-refractivity contribution in [1.82, 2.24) is 9.80 Å². The van der Waals surface area contributed by atoms with Gasteiger partial charge in [0.05, 0.1) is 6.61 Å². The fourth-order valence-electron chi connectivity index (χ4n) is 3.55. The molecular weight excluding hydrogens is 264 g/mol. The third-order valence-corrected chi connectivity index (χ3v) is 4.63. The third kappa shape index (κ3) is 3.50. The summed E-state index contributed by atoms with van der Waals surface area (Å²) in [7, 11) is 0. The molecular formula is C17H26N2O2. The zero-order valence-corrected chi connectivity index (χ0v) is 12.9. The number of phenolic OH excluding ortho intramolecular Hbond substituents is 1. The van der Waals surface area contributed by atoms with Crippen molar-refractivity contribution in [3.05, 3.63) is 23.8 Å². The molecule has 2 saturated heterocycles. The van der Waals surface area contributed by atoms with E-state index in [1.165, 1.54) is 51.0 Å². The molecule has 21 heavy (non-hydrogen) atoms. The Kier molecular flexibility index (Phi) is 4.66. The highest BCUT2D eigenvalue weighted by atomic mass is 16.5. The third-order valence-electron chi connectivity index (χ3n) is 4.63. The summed E-state index contributed by atoms with van der Waals surface area (Å²) in [5, 5.41) is 9.77. The van der Waals surface area contributed by atoms with Crippen molar-refractivity contribution in [2.75, 3.05) is 32.8 Å². The van der Waals surface area contributed by atoms with Crippen molar-refractivity contribution in [2.45, 2.75) is 38.8 Å². The van der Waals surface area contributed by atoms with Gasteiger partial charge in [-0.05, 0) is 57.0 Å². The maximum absolute atomic E-state index is 9.77. The molecule has 0 saturated carbocycles. The molecule has 3 rings (SSSR count). The number of likely N-dealkylation sites (tertiary alicyclic amines) is 2. The predicted molar refractivity (Wildman–Crippen MR) is 83.8 cm³/mol. The van der Waals surface area contributed by atoms with Crippen LogP contribution < -0.4 is 4.74 Å². The highest BCUT2D eigenvalue weighted by molar-refractivity contribution is 5.41. The minimum Gasteiger partial charge on any atom is -0.504 e. The van der Waals surface area contributed by atoms with Crippen LogP contribution in [-0.2, 0) is 6.54 Å². The van der Waals surface area contributed by atoms with Crippen molar-refractivity contribution < 1.29 is 9.84 Å². The van der Waals surface area contributed by atoms with E-state index in [9.17, 15) is 5.11 Å². The summed E-state index contributed by atoms with van der Waals surface area (Å²) in [6, 6.07) is 6.47. The Labute approximate surface area is 127 Å². The lowest BCUT2D eigenvalue weighted by molar-refractivity contribution is 0.229. The lowest BCUT2D eigenvalue weighted by Gasteiger charge is -2.23. The number of hydrogen-bond acceptors (Lipinski definition) is 4. The minimum atomic E-state index is 0.233. The average molecular weight is 290 g/mol. The molecule has 2 aliphatic rings. The van der Waals surface area contributed by atoms with Gasteiger partial charge >= 0.3 is 0 Å². The second-order valence-electron chi connectivity index (χ2n) is 6.16. The Morgan fingerprint density at radius 2 is 2.05 bits per heavy atom. The van der Waals surface area contributed by atoms with Crippen LogP contribution in [0.5, 0.6) is 11.5 Å². The van der Waals surface area contributed by atoms with Gasteiger partial charge in [0.15, 0.2) is 11.5 Å². The Hall–Kier alpha value is -1.26. The largest absolute Gasteiger partial charge is 0.504 e. The van der Waals surface area contributed by atoms with Crippen LogP contribution >= 0.6 is 0 Å². The van der Waals surface area contributed by atoms with Crippen molar-refractivity contribution in [1.29, 1.82) is 0 Å². The molecule has 2 fully saturated rings. The molecule has 0 bridgehead atoms. The van der Waals surface area contributed by atoms with Crippen LogP contribution in [0.15, 0.2) is 18.2 Å². The van der Waals surface area contributed by atoms with E-state index < -0.39 is 0 Å². The van der Waals surface area contributed by atoms with Crippen LogP contribution in [0.3, 0.4) is 0 Å². The summed E-state index contributed by atoms with van der Waals surface area (Å²) < 4.78 is 5.47. The molecule has 0 aromatic heterocycles. The van der Waals surface area contributed by atoms with Crippen LogP contribution in [0.4, 0.5) is 0 Å². The van der Waals surface area contributed by atoms with Crippen molar-refractivity contribution in [2.24, 2.45) is 0 Å². The fraction of sp³-hybridized carbons (Fsp3) is 0.647. The molecule has 1 unspecified atom stereocenters. The maximum atomic E-state index is 9.77. The zero-order chi connectivity index (χ0) is 14.7. The van der Waals surface area contributed by atoms with E-state index in [4.69, 9.17) is 4.74 Å². The van der Waals surface area contributed by atoms with Gasteiger partial charge in [-0.15, -0.1) is 0 Å². The van der Waals surface area contributed by atoms with E-state index in [1.54, 1.807) is 6.07 Å². The Morgan fingerprint density at radius 3 is 2.81 bits per heavy atom. The first-order chi connectivity index (χ1) is 10.3. The molecule has 1 atom stereocenters. The second-order valence-corrected chi connectivity index (χ2v) is 6.16. The summed E-state index contributed by atoms with van der Waals surface area (Å²) in [6.07, 6.45) is 4.02. The van der Waals surface area contributed by atoms with Crippen molar-refractivity contribution in [3.8, 4) is 11.5 Å². The topological polar surface area (TPSA) is 35.9 Å². The number of hydrogen-bond donors (Lipinski definition) is 1. The van der Waals surface area contributed by atoms with Gasteiger partial charge in [0.1, 0.15) is 0 Å². The molecule has 2 heterocycles. The van der Waals surface area contributed by atoms with Crippen LogP contribution in [0.2, 0.25) is 0 Å². The smallest absolute Gasteiger partial charge is 0.161 e. The molecule has 116 valence electrons. The standard InChI is InChI=1S/C17H26N2O2/c1-2-21-17-11-14(5-6-16(17)20)12-18-10-7-15(13-18)19-8-3-4-9-19/h5-6,11,15,20H,2-4,7-10,12-13H2,1H3. The lowest BCUT2D eigenvalue weighted by atomic mass is 10.2. The van der Waals surface area contributed by atoms with Gasteiger partial charge in [-0.3, -0.25) is 9.80 Å². The maximum Gasteiger partial charge on any atom is 0.161 e. The van der Waals surface area contributed by atoms with Gasteiger partial charge in [-0.25, -0.2) is 0 Å². The summed E-state index contributed by atoms with van der Waals surface area (Å²) in [5.41, 5.74) is 1.22. The van der Waals surface area contributed by atoms with Gasteiger partial charge in [-0.1, -0.05) is 6.07 Å². The molecule has 1 aromatic rings. The van der Waals surface area contributed by atoms with Crippen LogP contribution in [0.25, 0.3) is 0 Å². The molecule has 1 aromatic carbocycles.